The highest BCUT2D eigenvalue weighted by Gasteiger charge is 2.50. The molecule has 1 amide bonds. The number of amides is 1. The molecule has 4 nitrogen and oxygen atoms in total. The molecule has 116 valence electrons. The Hall–Kier alpha value is -1.69. The van der Waals surface area contributed by atoms with Crippen molar-refractivity contribution in [2.24, 2.45) is 11.7 Å². The number of hydrogen-bond donors (Lipinski definition) is 2. The second-order valence-corrected chi connectivity index (χ2v) is 6.68. The lowest BCUT2D eigenvalue weighted by molar-refractivity contribution is -0.147. The van der Waals surface area contributed by atoms with Crippen LogP contribution in [0.3, 0.4) is 0 Å². The molecule has 0 spiro atoms. The summed E-state index contributed by atoms with van der Waals surface area (Å²) in [6.07, 6.45) is 1.08. The Morgan fingerprint density at radius 2 is 2.05 bits per heavy atom. The maximum absolute atomic E-state index is 12.7. The van der Waals surface area contributed by atoms with Crippen molar-refractivity contribution >= 4 is 17.2 Å². The van der Waals surface area contributed by atoms with Gasteiger partial charge >= 0.3 is 0 Å². The zero-order chi connectivity index (χ0) is 15.6. The second-order valence-electron chi connectivity index (χ2n) is 5.65. The van der Waals surface area contributed by atoms with Gasteiger partial charge in [-0.1, -0.05) is 36.4 Å². The lowest BCUT2D eigenvalue weighted by Crippen LogP contribution is -2.45. The molecule has 3 N–H and O–H groups in total. The van der Waals surface area contributed by atoms with Gasteiger partial charge in [0.05, 0.1) is 0 Å². The van der Waals surface area contributed by atoms with Crippen LogP contribution in [-0.2, 0) is 16.9 Å². The predicted octanol–water partition coefficient (Wildman–Crippen LogP) is 1.94. The van der Waals surface area contributed by atoms with Crippen LogP contribution in [0.4, 0.5) is 0 Å². The molecule has 0 saturated carbocycles. The first-order chi connectivity index (χ1) is 10.6. The molecule has 22 heavy (non-hydrogen) atoms. The molecule has 2 atom stereocenters. The lowest BCUT2D eigenvalue weighted by Gasteiger charge is -2.33. The van der Waals surface area contributed by atoms with Crippen LogP contribution in [0.2, 0.25) is 0 Å². The van der Waals surface area contributed by atoms with Gasteiger partial charge in [0, 0.05) is 35.9 Å². The van der Waals surface area contributed by atoms with Gasteiger partial charge in [-0.15, -0.1) is 11.3 Å². The smallest absolute Gasteiger partial charge is 0.228 e. The third-order valence-corrected chi connectivity index (χ3v) is 5.11. The zero-order valence-electron chi connectivity index (χ0n) is 12.3. The van der Waals surface area contributed by atoms with E-state index >= 15 is 0 Å². The molecule has 1 aliphatic rings. The van der Waals surface area contributed by atoms with Gasteiger partial charge in [-0.3, -0.25) is 4.79 Å². The fraction of sp³-hybridized carbons (Fsp3) is 0.353. The van der Waals surface area contributed by atoms with Crippen molar-refractivity contribution in [1.29, 1.82) is 0 Å². The highest BCUT2D eigenvalue weighted by Crippen LogP contribution is 2.41. The first-order valence-electron chi connectivity index (χ1n) is 7.47. The lowest BCUT2D eigenvalue weighted by atomic mass is 9.93. The molecule has 1 fully saturated rings. The number of aliphatic hydroxyl groups is 1. The van der Waals surface area contributed by atoms with E-state index in [-0.39, 0.29) is 11.8 Å². The molecule has 0 bridgehead atoms. The zero-order valence-corrected chi connectivity index (χ0v) is 13.1. The van der Waals surface area contributed by atoms with Gasteiger partial charge < -0.3 is 15.7 Å². The molecule has 1 aromatic carbocycles. The van der Waals surface area contributed by atoms with Crippen LogP contribution >= 0.6 is 11.3 Å². The van der Waals surface area contributed by atoms with E-state index in [2.05, 4.69) is 0 Å². The van der Waals surface area contributed by atoms with Gasteiger partial charge in [-0.05, 0) is 17.9 Å². The van der Waals surface area contributed by atoms with Gasteiger partial charge in [0.2, 0.25) is 5.91 Å². The summed E-state index contributed by atoms with van der Waals surface area (Å²) in [6, 6.07) is 13.4. The molecular weight excluding hydrogens is 296 g/mol. The van der Waals surface area contributed by atoms with Gasteiger partial charge in [0.1, 0.15) is 0 Å². The number of hydrogen-bond acceptors (Lipinski definition) is 4. The second kappa shape index (κ2) is 6.20. The fourth-order valence-corrected chi connectivity index (χ4v) is 3.96. The third-order valence-electron chi connectivity index (χ3n) is 4.21. The number of carbonyl (C=O) groups excluding carboxylic acids is 1. The molecule has 2 aromatic rings. The molecule has 2 unspecified atom stereocenters. The summed E-state index contributed by atoms with van der Waals surface area (Å²) < 4.78 is 0. The van der Waals surface area contributed by atoms with Crippen LogP contribution in [-0.4, -0.2) is 29.0 Å². The summed E-state index contributed by atoms with van der Waals surface area (Å²) in [5.74, 6) is -0.208. The van der Waals surface area contributed by atoms with E-state index in [1.54, 1.807) is 16.2 Å². The maximum atomic E-state index is 12.7. The van der Waals surface area contributed by atoms with E-state index in [1.165, 1.54) is 4.88 Å². The van der Waals surface area contributed by atoms with Crippen molar-refractivity contribution in [3.05, 3.63) is 58.3 Å². The summed E-state index contributed by atoms with van der Waals surface area (Å²) in [4.78, 5) is 15.4. The maximum Gasteiger partial charge on any atom is 0.228 e. The van der Waals surface area contributed by atoms with E-state index in [9.17, 15) is 9.90 Å². The van der Waals surface area contributed by atoms with Gasteiger partial charge in [0.25, 0.3) is 0 Å². The molecular formula is C17H20N2O2S. The normalized spacial score (nSPS) is 24.9. The minimum absolute atomic E-state index is 0.00907. The fourth-order valence-electron chi connectivity index (χ4n) is 3.18. The average molecular weight is 316 g/mol. The SMILES string of the molecule is NCCN1C(=O)C(Cc2cccs2)CC1(O)c1ccccc1. The number of rotatable bonds is 5. The Labute approximate surface area is 134 Å². The minimum Gasteiger partial charge on any atom is -0.367 e. The molecule has 1 aliphatic heterocycles. The van der Waals surface area contributed by atoms with Crippen molar-refractivity contribution in [3.63, 3.8) is 0 Å². The largest absolute Gasteiger partial charge is 0.367 e. The summed E-state index contributed by atoms with van der Waals surface area (Å²) >= 11 is 1.65. The Morgan fingerprint density at radius 3 is 2.68 bits per heavy atom. The molecule has 3 rings (SSSR count). The molecule has 1 saturated heterocycles. The minimum atomic E-state index is -1.25. The Kier molecular flexibility index (Phi) is 4.29. The van der Waals surface area contributed by atoms with E-state index in [1.807, 2.05) is 47.8 Å². The Bertz CT molecular complexity index is 629. The van der Waals surface area contributed by atoms with E-state index in [0.717, 1.165) is 5.56 Å². The number of thiophene rings is 1. The van der Waals surface area contributed by atoms with Crippen LogP contribution in [0, 0.1) is 5.92 Å². The third kappa shape index (κ3) is 2.67. The summed E-state index contributed by atoms with van der Waals surface area (Å²) in [5, 5.41) is 13.2. The van der Waals surface area contributed by atoms with Crippen molar-refractivity contribution in [2.75, 3.05) is 13.1 Å². The number of likely N-dealkylation sites (tertiary alicyclic amines) is 1. The van der Waals surface area contributed by atoms with Crippen LogP contribution in [0.15, 0.2) is 47.8 Å². The van der Waals surface area contributed by atoms with Crippen molar-refractivity contribution < 1.29 is 9.90 Å². The van der Waals surface area contributed by atoms with Crippen molar-refractivity contribution in [1.82, 2.24) is 4.90 Å². The first kappa shape index (κ1) is 15.2. The Balaban J connectivity index is 1.90. The predicted molar refractivity (Wildman–Crippen MR) is 87.2 cm³/mol. The average Bonchev–Trinajstić information content (AvgIpc) is 3.12. The van der Waals surface area contributed by atoms with Crippen molar-refractivity contribution in [2.45, 2.75) is 18.6 Å². The standard InChI is InChI=1S/C17H20N2O2S/c18-8-9-19-16(20)13(11-15-7-4-10-22-15)12-17(19,21)14-5-2-1-3-6-14/h1-7,10,13,21H,8-9,11-12,18H2. The van der Waals surface area contributed by atoms with Crippen LogP contribution in [0.25, 0.3) is 0 Å². The molecule has 1 aromatic heterocycles. The van der Waals surface area contributed by atoms with E-state index in [4.69, 9.17) is 5.73 Å². The van der Waals surface area contributed by atoms with E-state index < -0.39 is 5.72 Å². The van der Waals surface area contributed by atoms with Gasteiger partial charge in [0.15, 0.2) is 5.72 Å². The number of nitrogens with zero attached hydrogens (tertiary/aromatic N) is 1. The monoisotopic (exact) mass is 316 g/mol. The summed E-state index contributed by atoms with van der Waals surface area (Å²) in [6.45, 7) is 0.706. The topological polar surface area (TPSA) is 66.6 Å². The highest BCUT2D eigenvalue weighted by atomic mass is 32.1. The van der Waals surface area contributed by atoms with Crippen LogP contribution in [0.5, 0.6) is 0 Å². The van der Waals surface area contributed by atoms with Crippen molar-refractivity contribution in [3.8, 4) is 0 Å². The molecule has 2 heterocycles. The quantitative estimate of drug-likeness (QED) is 0.886. The first-order valence-corrected chi connectivity index (χ1v) is 8.35. The summed E-state index contributed by atoms with van der Waals surface area (Å²) in [5.41, 5.74) is 5.15. The van der Waals surface area contributed by atoms with Gasteiger partial charge in [-0.2, -0.15) is 0 Å². The molecule has 5 heteroatoms. The Morgan fingerprint density at radius 1 is 1.27 bits per heavy atom. The molecule has 0 radical (unpaired) electrons. The summed E-state index contributed by atoms with van der Waals surface area (Å²) in [7, 11) is 0. The number of carbonyl (C=O) groups is 1. The number of benzene rings is 1. The van der Waals surface area contributed by atoms with Crippen LogP contribution in [0.1, 0.15) is 16.9 Å². The van der Waals surface area contributed by atoms with Crippen LogP contribution < -0.4 is 5.73 Å². The molecule has 0 aliphatic carbocycles. The highest BCUT2D eigenvalue weighted by molar-refractivity contribution is 7.09. The number of nitrogens with two attached hydrogens (primary N) is 1. The van der Waals surface area contributed by atoms with Gasteiger partial charge in [-0.25, -0.2) is 0 Å². The van der Waals surface area contributed by atoms with E-state index in [0.29, 0.717) is 25.9 Å².